The Bertz CT molecular complexity index is 452. The highest BCUT2D eigenvalue weighted by molar-refractivity contribution is 5.73. The van der Waals surface area contributed by atoms with Crippen molar-refractivity contribution in [2.24, 2.45) is 0 Å². The van der Waals surface area contributed by atoms with Crippen molar-refractivity contribution < 1.29 is 9.53 Å². The summed E-state index contributed by atoms with van der Waals surface area (Å²) in [5.74, 6) is 0.583. The van der Waals surface area contributed by atoms with Crippen molar-refractivity contribution in [1.82, 2.24) is 9.88 Å². The molecule has 102 valence electrons. The Labute approximate surface area is 113 Å². The molecule has 4 heteroatoms. The lowest BCUT2D eigenvalue weighted by molar-refractivity contribution is -0.133. The molecule has 1 atom stereocenters. The zero-order valence-electron chi connectivity index (χ0n) is 11.3. The number of hydrogen-bond donors (Lipinski definition) is 0. The lowest BCUT2D eigenvalue weighted by atomic mass is 9.84. The number of hydrogen-bond acceptors (Lipinski definition) is 3. The Morgan fingerprint density at radius 3 is 2.84 bits per heavy atom. The summed E-state index contributed by atoms with van der Waals surface area (Å²) in [6.07, 6.45) is 4.79. The Kier molecular flexibility index (Phi) is 3.27. The summed E-state index contributed by atoms with van der Waals surface area (Å²) in [6.45, 7) is 4.05. The van der Waals surface area contributed by atoms with Gasteiger partial charge in [0.15, 0.2) is 0 Å². The zero-order valence-corrected chi connectivity index (χ0v) is 11.3. The predicted molar refractivity (Wildman–Crippen MR) is 71.8 cm³/mol. The fourth-order valence-electron chi connectivity index (χ4n) is 3.23. The van der Waals surface area contributed by atoms with Gasteiger partial charge in [-0.15, -0.1) is 0 Å². The van der Waals surface area contributed by atoms with Crippen molar-refractivity contribution in [3.05, 3.63) is 30.1 Å². The van der Waals surface area contributed by atoms with Gasteiger partial charge in [0, 0.05) is 37.8 Å². The topological polar surface area (TPSA) is 42.4 Å². The molecular formula is C15H20N2O2. The molecule has 1 spiro atoms. The van der Waals surface area contributed by atoms with Crippen LogP contribution in [0.5, 0.6) is 0 Å². The normalized spacial score (nSPS) is 25.7. The van der Waals surface area contributed by atoms with Crippen LogP contribution in [-0.2, 0) is 9.53 Å². The van der Waals surface area contributed by atoms with Crippen molar-refractivity contribution in [2.45, 2.75) is 37.7 Å². The van der Waals surface area contributed by atoms with Crippen LogP contribution in [0.2, 0.25) is 0 Å². The molecule has 3 heterocycles. The Morgan fingerprint density at radius 2 is 2.21 bits per heavy atom. The largest absolute Gasteiger partial charge is 0.374 e. The van der Waals surface area contributed by atoms with Gasteiger partial charge in [0.1, 0.15) is 0 Å². The molecular weight excluding hydrogens is 240 g/mol. The fourth-order valence-corrected chi connectivity index (χ4v) is 3.23. The molecule has 0 aliphatic carbocycles. The molecule has 19 heavy (non-hydrogen) atoms. The molecule has 1 amide bonds. The van der Waals surface area contributed by atoms with E-state index in [1.54, 1.807) is 6.92 Å². The molecule has 4 nitrogen and oxygen atoms in total. The maximum atomic E-state index is 11.4. The summed E-state index contributed by atoms with van der Waals surface area (Å²) < 4.78 is 6.10. The summed E-state index contributed by atoms with van der Waals surface area (Å²) in [7, 11) is 0. The van der Waals surface area contributed by atoms with E-state index in [4.69, 9.17) is 4.74 Å². The molecule has 3 rings (SSSR count). The first kappa shape index (κ1) is 12.6. The third-order valence-electron chi connectivity index (χ3n) is 4.44. The maximum Gasteiger partial charge on any atom is 0.219 e. The first-order chi connectivity index (χ1) is 9.19. The number of likely N-dealkylation sites (tertiary alicyclic amines) is 1. The number of amides is 1. The smallest absolute Gasteiger partial charge is 0.219 e. The van der Waals surface area contributed by atoms with Crippen molar-refractivity contribution in [1.29, 1.82) is 0 Å². The van der Waals surface area contributed by atoms with Crippen LogP contribution >= 0.6 is 0 Å². The average molecular weight is 260 g/mol. The lowest BCUT2D eigenvalue weighted by Gasteiger charge is -2.38. The van der Waals surface area contributed by atoms with Gasteiger partial charge in [0.25, 0.3) is 0 Å². The summed E-state index contributed by atoms with van der Waals surface area (Å²) in [4.78, 5) is 17.7. The molecule has 0 bridgehead atoms. The van der Waals surface area contributed by atoms with Gasteiger partial charge < -0.3 is 9.64 Å². The molecule has 0 radical (unpaired) electrons. The van der Waals surface area contributed by atoms with Gasteiger partial charge in [-0.2, -0.15) is 0 Å². The molecule has 2 saturated heterocycles. The predicted octanol–water partition coefficient (Wildman–Crippen LogP) is 1.97. The summed E-state index contributed by atoms with van der Waals surface area (Å²) in [6, 6.07) is 6.06. The number of pyridine rings is 1. The van der Waals surface area contributed by atoms with E-state index in [2.05, 4.69) is 11.1 Å². The van der Waals surface area contributed by atoms with Crippen LogP contribution in [0.3, 0.4) is 0 Å². The van der Waals surface area contributed by atoms with Gasteiger partial charge in [0.05, 0.1) is 12.2 Å². The lowest BCUT2D eigenvalue weighted by Crippen LogP contribution is -2.45. The van der Waals surface area contributed by atoms with E-state index in [1.165, 1.54) is 0 Å². The van der Waals surface area contributed by atoms with E-state index in [9.17, 15) is 4.79 Å². The van der Waals surface area contributed by atoms with Gasteiger partial charge in [-0.3, -0.25) is 9.78 Å². The summed E-state index contributed by atoms with van der Waals surface area (Å²) in [5.41, 5.74) is 1.11. The summed E-state index contributed by atoms with van der Waals surface area (Å²) >= 11 is 0. The minimum absolute atomic E-state index is 0.0197. The van der Waals surface area contributed by atoms with E-state index in [1.807, 2.05) is 23.2 Å². The number of rotatable bonds is 1. The molecule has 1 unspecified atom stereocenters. The van der Waals surface area contributed by atoms with Crippen molar-refractivity contribution in [3.63, 3.8) is 0 Å². The second kappa shape index (κ2) is 4.93. The number of carbonyl (C=O) groups is 1. The van der Waals surface area contributed by atoms with Crippen LogP contribution in [-0.4, -0.2) is 41.1 Å². The zero-order chi connectivity index (χ0) is 13.3. The van der Waals surface area contributed by atoms with E-state index in [-0.39, 0.29) is 11.5 Å². The van der Waals surface area contributed by atoms with Crippen LogP contribution in [0.1, 0.15) is 37.8 Å². The van der Waals surface area contributed by atoms with Gasteiger partial charge in [-0.1, -0.05) is 6.07 Å². The molecule has 0 saturated carbocycles. The third kappa shape index (κ3) is 2.50. The quantitative estimate of drug-likeness (QED) is 0.775. The number of carbonyl (C=O) groups excluding carboxylic acids is 1. The number of nitrogens with zero attached hydrogens (tertiary/aromatic N) is 2. The van der Waals surface area contributed by atoms with Crippen molar-refractivity contribution in [3.8, 4) is 0 Å². The highest BCUT2D eigenvalue weighted by Crippen LogP contribution is 2.42. The van der Waals surface area contributed by atoms with E-state index in [0.717, 1.165) is 44.7 Å². The van der Waals surface area contributed by atoms with Crippen molar-refractivity contribution >= 4 is 5.91 Å². The highest BCUT2D eigenvalue weighted by atomic mass is 16.5. The number of ether oxygens (including phenoxy) is 1. The first-order valence-corrected chi connectivity index (χ1v) is 6.99. The van der Waals surface area contributed by atoms with E-state index in [0.29, 0.717) is 5.92 Å². The minimum Gasteiger partial charge on any atom is -0.374 e. The second-order valence-corrected chi connectivity index (χ2v) is 5.66. The monoisotopic (exact) mass is 260 g/mol. The first-order valence-electron chi connectivity index (χ1n) is 6.99. The van der Waals surface area contributed by atoms with Crippen LogP contribution < -0.4 is 0 Å². The Morgan fingerprint density at radius 1 is 1.42 bits per heavy atom. The van der Waals surface area contributed by atoms with Crippen molar-refractivity contribution in [2.75, 3.05) is 19.7 Å². The second-order valence-electron chi connectivity index (χ2n) is 5.66. The van der Waals surface area contributed by atoms with Crippen LogP contribution in [0.25, 0.3) is 0 Å². The van der Waals surface area contributed by atoms with Gasteiger partial charge >= 0.3 is 0 Å². The third-order valence-corrected chi connectivity index (χ3v) is 4.44. The van der Waals surface area contributed by atoms with Gasteiger partial charge in [-0.25, -0.2) is 0 Å². The molecule has 0 N–H and O–H groups in total. The fraction of sp³-hybridized carbons (Fsp3) is 0.600. The highest BCUT2D eigenvalue weighted by Gasteiger charge is 2.43. The molecule has 1 aromatic rings. The van der Waals surface area contributed by atoms with Crippen LogP contribution in [0.15, 0.2) is 24.4 Å². The number of piperidine rings is 1. The number of aromatic nitrogens is 1. The molecule has 1 aromatic heterocycles. The Balaban J connectivity index is 1.65. The average Bonchev–Trinajstić information content (AvgIpc) is 2.84. The molecule has 2 aliphatic heterocycles. The maximum absolute atomic E-state index is 11.4. The SMILES string of the molecule is CC(=O)N1CCC2(CC1)CC(c1ccccn1)CO2. The van der Waals surface area contributed by atoms with Crippen LogP contribution in [0, 0.1) is 0 Å². The minimum atomic E-state index is -0.0197. The van der Waals surface area contributed by atoms with Gasteiger partial charge in [-0.05, 0) is 31.4 Å². The molecule has 2 aliphatic rings. The standard InChI is InChI=1S/C15H20N2O2/c1-12(18)17-8-5-15(6-9-17)10-13(11-19-15)14-4-2-3-7-16-14/h2-4,7,13H,5-6,8-11H2,1H3. The molecule has 2 fully saturated rings. The van der Waals surface area contributed by atoms with Gasteiger partial charge in [0.2, 0.25) is 5.91 Å². The summed E-state index contributed by atoms with van der Waals surface area (Å²) in [5, 5.41) is 0. The van der Waals surface area contributed by atoms with E-state index >= 15 is 0 Å². The van der Waals surface area contributed by atoms with E-state index < -0.39 is 0 Å². The van der Waals surface area contributed by atoms with Crippen LogP contribution in [0.4, 0.5) is 0 Å². The molecule has 0 aromatic carbocycles. The Hall–Kier alpha value is -1.42.